The summed E-state index contributed by atoms with van der Waals surface area (Å²) >= 11 is 0. The molecule has 5 nitrogen and oxygen atoms in total. The number of nitrogens with one attached hydrogen (secondary N) is 1. The Morgan fingerprint density at radius 3 is 2.83 bits per heavy atom. The van der Waals surface area contributed by atoms with Crippen LogP contribution in [0.2, 0.25) is 0 Å². The van der Waals surface area contributed by atoms with E-state index in [1.54, 1.807) is 0 Å². The van der Waals surface area contributed by atoms with E-state index in [0.29, 0.717) is 5.92 Å². The highest BCUT2D eigenvalue weighted by molar-refractivity contribution is 5.89. The molecule has 1 saturated carbocycles. The number of fused-ring (bicyclic) bond motifs is 1. The minimum absolute atomic E-state index is 0.121. The molecule has 3 rings (SSSR count). The van der Waals surface area contributed by atoms with Crippen LogP contribution in [0.4, 0.5) is 11.8 Å². The molecule has 0 amide bonds. The van der Waals surface area contributed by atoms with Gasteiger partial charge in [0.15, 0.2) is 0 Å². The molecular formula is C13H16N4O. The highest BCUT2D eigenvalue weighted by Crippen LogP contribution is 2.28. The van der Waals surface area contributed by atoms with Crippen LogP contribution in [0.5, 0.6) is 0 Å². The second kappa shape index (κ2) is 4.42. The highest BCUT2D eigenvalue weighted by Gasteiger charge is 2.26. The summed E-state index contributed by atoms with van der Waals surface area (Å²) in [4.78, 5) is 8.44. The van der Waals surface area contributed by atoms with Crippen molar-refractivity contribution in [2.75, 3.05) is 17.6 Å². The number of anilines is 2. The zero-order valence-electron chi connectivity index (χ0n) is 10.0. The molecule has 1 fully saturated rings. The Hall–Kier alpha value is -1.88. The first-order valence-corrected chi connectivity index (χ1v) is 6.16. The number of rotatable bonds is 3. The fourth-order valence-corrected chi connectivity index (χ4v) is 2.34. The molecule has 0 aliphatic heterocycles. The van der Waals surface area contributed by atoms with Crippen LogP contribution in [0.1, 0.15) is 12.8 Å². The van der Waals surface area contributed by atoms with Gasteiger partial charge in [-0.2, -0.15) is 4.98 Å². The third-order valence-corrected chi connectivity index (χ3v) is 3.39. The van der Waals surface area contributed by atoms with Gasteiger partial charge in [-0.15, -0.1) is 0 Å². The minimum Gasteiger partial charge on any atom is -0.393 e. The molecule has 0 atom stereocenters. The van der Waals surface area contributed by atoms with E-state index in [0.717, 1.165) is 36.1 Å². The molecule has 0 bridgehead atoms. The number of para-hydroxylation sites is 1. The van der Waals surface area contributed by atoms with E-state index in [1.807, 2.05) is 24.3 Å². The summed E-state index contributed by atoms with van der Waals surface area (Å²) < 4.78 is 0. The molecule has 0 saturated heterocycles. The number of aromatic nitrogens is 2. The SMILES string of the molecule is Nc1nc(NCC2CC(O)C2)c2ccccc2n1. The molecule has 1 aromatic carbocycles. The number of nitrogen functional groups attached to an aromatic ring is 1. The molecular weight excluding hydrogens is 228 g/mol. The van der Waals surface area contributed by atoms with E-state index in [4.69, 9.17) is 5.73 Å². The number of aliphatic hydroxyl groups is 1. The fraction of sp³-hybridized carbons (Fsp3) is 0.385. The molecule has 1 heterocycles. The maximum Gasteiger partial charge on any atom is 0.222 e. The maximum atomic E-state index is 9.26. The van der Waals surface area contributed by atoms with Crippen LogP contribution < -0.4 is 11.1 Å². The van der Waals surface area contributed by atoms with Crippen LogP contribution in [0.15, 0.2) is 24.3 Å². The van der Waals surface area contributed by atoms with E-state index in [-0.39, 0.29) is 12.1 Å². The van der Waals surface area contributed by atoms with Gasteiger partial charge in [-0.25, -0.2) is 4.98 Å². The molecule has 1 aromatic heterocycles. The molecule has 18 heavy (non-hydrogen) atoms. The van der Waals surface area contributed by atoms with Gasteiger partial charge in [0.25, 0.3) is 0 Å². The van der Waals surface area contributed by atoms with Crippen molar-refractivity contribution in [3.05, 3.63) is 24.3 Å². The molecule has 1 aliphatic rings. The van der Waals surface area contributed by atoms with E-state index in [1.165, 1.54) is 0 Å². The Labute approximate surface area is 105 Å². The average molecular weight is 244 g/mol. The van der Waals surface area contributed by atoms with Crippen molar-refractivity contribution in [2.45, 2.75) is 18.9 Å². The van der Waals surface area contributed by atoms with Crippen LogP contribution >= 0.6 is 0 Å². The lowest BCUT2D eigenvalue weighted by atomic mass is 9.82. The molecule has 5 heteroatoms. The predicted molar refractivity (Wildman–Crippen MR) is 71.2 cm³/mol. The van der Waals surface area contributed by atoms with Crippen LogP contribution in [-0.2, 0) is 0 Å². The van der Waals surface area contributed by atoms with Gasteiger partial charge in [0.05, 0.1) is 11.6 Å². The predicted octanol–water partition coefficient (Wildman–Crippen LogP) is 1.39. The summed E-state index contributed by atoms with van der Waals surface area (Å²) in [6, 6.07) is 7.79. The van der Waals surface area contributed by atoms with Crippen molar-refractivity contribution < 1.29 is 5.11 Å². The third-order valence-electron chi connectivity index (χ3n) is 3.39. The van der Waals surface area contributed by atoms with Gasteiger partial charge < -0.3 is 16.2 Å². The number of nitrogens with two attached hydrogens (primary N) is 1. The molecule has 0 radical (unpaired) electrons. The van der Waals surface area contributed by atoms with Crippen molar-refractivity contribution in [3.8, 4) is 0 Å². The van der Waals surface area contributed by atoms with Gasteiger partial charge in [0, 0.05) is 11.9 Å². The molecule has 4 N–H and O–H groups in total. The lowest BCUT2D eigenvalue weighted by Gasteiger charge is -2.31. The van der Waals surface area contributed by atoms with E-state index >= 15 is 0 Å². The van der Waals surface area contributed by atoms with Gasteiger partial charge >= 0.3 is 0 Å². The summed E-state index contributed by atoms with van der Waals surface area (Å²) in [7, 11) is 0. The van der Waals surface area contributed by atoms with Gasteiger partial charge in [-0.05, 0) is 30.9 Å². The second-order valence-electron chi connectivity index (χ2n) is 4.82. The molecule has 2 aromatic rings. The van der Waals surface area contributed by atoms with E-state index in [9.17, 15) is 5.11 Å². The zero-order valence-corrected chi connectivity index (χ0v) is 10.0. The Bertz CT molecular complexity index is 566. The Morgan fingerprint density at radius 1 is 1.28 bits per heavy atom. The standard InChI is InChI=1S/C13H16N4O/c14-13-16-11-4-2-1-3-10(11)12(17-13)15-7-8-5-9(18)6-8/h1-4,8-9,18H,5-7H2,(H3,14,15,16,17). The summed E-state index contributed by atoms with van der Waals surface area (Å²) in [6.07, 6.45) is 1.61. The summed E-state index contributed by atoms with van der Waals surface area (Å²) in [5.41, 5.74) is 6.55. The number of hydrogen-bond donors (Lipinski definition) is 3. The first kappa shape index (κ1) is 11.2. The second-order valence-corrected chi connectivity index (χ2v) is 4.82. The van der Waals surface area contributed by atoms with Crippen LogP contribution in [0.3, 0.4) is 0 Å². The summed E-state index contributed by atoms with van der Waals surface area (Å²) in [6.45, 7) is 0.817. The van der Waals surface area contributed by atoms with E-state index in [2.05, 4.69) is 15.3 Å². The summed E-state index contributed by atoms with van der Waals surface area (Å²) in [5.74, 6) is 1.58. The zero-order chi connectivity index (χ0) is 12.5. The maximum absolute atomic E-state index is 9.26. The van der Waals surface area contributed by atoms with Crippen molar-refractivity contribution in [1.29, 1.82) is 0 Å². The normalized spacial score (nSPS) is 22.7. The fourth-order valence-electron chi connectivity index (χ4n) is 2.34. The first-order chi connectivity index (χ1) is 8.72. The summed E-state index contributed by atoms with van der Waals surface area (Å²) in [5, 5.41) is 13.5. The Kier molecular flexibility index (Phi) is 2.76. The quantitative estimate of drug-likeness (QED) is 0.760. The Morgan fingerprint density at radius 2 is 2.06 bits per heavy atom. The third kappa shape index (κ3) is 2.09. The van der Waals surface area contributed by atoms with Crippen molar-refractivity contribution in [1.82, 2.24) is 9.97 Å². The smallest absolute Gasteiger partial charge is 0.222 e. The monoisotopic (exact) mass is 244 g/mol. The van der Waals surface area contributed by atoms with Gasteiger partial charge in [-0.1, -0.05) is 12.1 Å². The van der Waals surface area contributed by atoms with E-state index < -0.39 is 0 Å². The van der Waals surface area contributed by atoms with Gasteiger partial charge in [0.2, 0.25) is 5.95 Å². The van der Waals surface area contributed by atoms with Crippen molar-refractivity contribution in [3.63, 3.8) is 0 Å². The molecule has 1 aliphatic carbocycles. The van der Waals surface area contributed by atoms with Gasteiger partial charge in [0.1, 0.15) is 5.82 Å². The molecule has 94 valence electrons. The van der Waals surface area contributed by atoms with Crippen LogP contribution in [0.25, 0.3) is 10.9 Å². The van der Waals surface area contributed by atoms with Gasteiger partial charge in [-0.3, -0.25) is 0 Å². The van der Waals surface area contributed by atoms with Crippen molar-refractivity contribution >= 4 is 22.7 Å². The van der Waals surface area contributed by atoms with Crippen LogP contribution in [0, 0.1) is 5.92 Å². The minimum atomic E-state index is -0.121. The largest absolute Gasteiger partial charge is 0.393 e. The topological polar surface area (TPSA) is 84.1 Å². The number of hydrogen-bond acceptors (Lipinski definition) is 5. The van der Waals surface area contributed by atoms with Crippen LogP contribution in [-0.4, -0.2) is 27.7 Å². The average Bonchev–Trinajstić information content (AvgIpc) is 2.32. The van der Waals surface area contributed by atoms with Crippen molar-refractivity contribution in [2.24, 2.45) is 5.92 Å². The number of aliphatic hydroxyl groups excluding tert-OH is 1. The lowest BCUT2D eigenvalue weighted by molar-refractivity contribution is 0.0486. The number of benzene rings is 1. The Balaban J connectivity index is 1.82. The number of nitrogens with zero attached hydrogens (tertiary/aromatic N) is 2. The first-order valence-electron chi connectivity index (χ1n) is 6.16. The molecule has 0 unspecified atom stereocenters. The molecule has 0 spiro atoms. The highest BCUT2D eigenvalue weighted by atomic mass is 16.3. The lowest BCUT2D eigenvalue weighted by Crippen LogP contribution is -2.33.